The summed E-state index contributed by atoms with van der Waals surface area (Å²) in [6, 6.07) is 11.4. The molecule has 0 bridgehead atoms. The van der Waals surface area contributed by atoms with Crippen molar-refractivity contribution in [2.24, 2.45) is 10.8 Å². The Bertz CT molecular complexity index is 1330. The Morgan fingerprint density at radius 3 is 2.08 bits per heavy atom. The highest BCUT2D eigenvalue weighted by atomic mass is 79.9. The van der Waals surface area contributed by atoms with Gasteiger partial charge >= 0.3 is 0 Å². The molecule has 0 spiro atoms. The van der Waals surface area contributed by atoms with Crippen molar-refractivity contribution < 1.29 is 19.1 Å². The molecule has 0 atom stereocenters. The molecule has 4 nitrogen and oxygen atoms in total. The highest BCUT2D eigenvalue weighted by Gasteiger charge is 2.48. The highest BCUT2D eigenvalue weighted by Crippen LogP contribution is 2.55. The molecule has 0 aromatic heterocycles. The minimum absolute atomic E-state index is 0.0253. The summed E-state index contributed by atoms with van der Waals surface area (Å²) in [6.45, 7) is 8.63. The maximum atomic E-state index is 13.7. The van der Waals surface area contributed by atoms with Crippen molar-refractivity contribution in [3.8, 4) is 5.75 Å². The van der Waals surface area contributed by atoms with E-state index in [1.807, 2.05) is 36.4 Å². The van der Waals surface area contributed by atoms with E-state index >= 15 is 0 Å². The van der Waals surface area contributed by atoms with Gasteiger partial charge in [0.15, 0.2) is 11.6 Å². The van der Waals surface area contributed by atoms with E-state index in [1.165, 1.54) is 0 Å². The molecule has 0 radical (unpaired) electrons. The molecule has 2 aromatic rings. The molecule has 0 fully saturated rings. The van der Waals surface area contributed by atoms with E-state index in [-0.39, 0.29) is 29.0 Å². The Morgan fingerprint density at radius 1 is 0.919 bits per heavy atom. The first-order chi connectivity index (χ1) is 17.3. The second-order valence-corrected chi connectivity index (χ2v) is 14.0. The van der Waals surface area contributed by atoms with Gasteiger partial charge < -0.3 is 9.47 Å². The monoisotopic (exact) mass is 646 g/mol. The van der Waals surface area contributed by atoms with Crippen LogP contribution in [0.5, 0.6) is 5.75 Å². The second-order valence-electron chi connectivity index (χ2n) is 11.8. The average Bonchev–Trinajstić information content (AvgIpc) is 2.75. The zero-order valence-corrected chi connectivity index (χ0v) is 25.3. The summed E-state index contributed by atoms with van der Waals surface area (Å²) in [6.07, 6.45) is 2.09. The fraction of sp³-hybridized carbons (Fsp3) is 0.400. The van der Waals surface area contributed by atoms with Crippen LogP contribution < -0.4 is 4.74 Å². The van der Waals surface area contributed by atoms with Crippen LogP contribution in [0, 0.1) is 10.8 Å². The number of carbonyl (C=O) groups is 2. The van der Waals surface area contributed by atoms with Crippen LogP contribution in [0.15, 0.2) is 68.0 Å². The molecule has 0 saturated heterocycles. The summed E-state index contributed by atoms with van der Waals surface area (Å²) in [5.74, 6) is 1.48. The third-order valence-electron chi connectivity index (χ3n) is 7.20. The Balaban J connectivity index is 1.68. The van der Waals surface area contributed by atoms with Gasteiger partial charge in [-0.3, -0.25) is 9.59 Å². The van der Waals surface area contributed by atoms with Crippen molar-refractivity contribution in [3.05, 3.63) is 84.2 Å². The van der Waals surface area contributed by atoms with Crippen LogP contribution in [-0.2, 0) is 20.9 Å². The molecule has 0 amide bonds. The predicted octanol–water partition coefficient (Wildman–Crippen LogP) is 8.84. The average molecular weight is 649 g/mol. The van der Waals surface area contributed by atoms with Crippen molar-refractivity contribution in [1.29, 1.82) is 0 Å². The van der Waals surface area contributed by atoms with Crippen molar-refractivity contribution in [3.63, 3.8) is 0 Å². The predicted molar refractivity (Wildman–Crippen MR) is 152 cm³/mol. The SMILES string of the molecule is CC1(C)CC(=O)C2=C(C1)OC1=C(C(=O)CC(C)(C)C1)C2c1cc(Br)cc(Br)c1OCc1cccc(Cl)c1. The second kappa shape index (κ2) is 9.69. The van der Waals surface area contributed by atoms with E-state index in [1.54, 1.807) is 0 Å². The van der Waals surface area contributed by atoms with Crippen LogP contribution >= 0.6 is 43.5 Å². The normalized spacial score (nSPS) is 20.9. The van der Waals surface area contributed by atoms with Crippen molar-refractivity contribution in [2.75, 3.05) is 0 Å². The molecule has 0 N–H and O–H groups in total. The lowest BCUT2D eigenvalue weighted by Gasteiger charge is -2.43. The summed E-state index contributed by atoms with van der Waals surface area (Å²) in [7, 11) is 0. The number of rotatable bonds is 4. The van der Waals surface area contributed by atoms with Crippen LogP contribution in [0.25, 0.3) is 0 Å². The van der Waals surface area contributed by atoms with Crippen LogP contribution in [0.2, 0.25) is 5.02 Å². The summed E-state index contributed by atoms with van der Waals surface area (Å²) < 4.78 is 14.4. The van der Waals surface area contributed by atoms with E-state index in [0.717, 1.165) is 20.1 Å². The molecule has 5 rings (SSSR count). The number of allylic oxidation sites excluding steroid dienone is 4. The standard InChI is InChI=1S/C30H29Br2ClO4/c1-29(2)11-21(34)26-23(13-29)37-24-14-30(3,4)12-22(35)27(24)25(26)19-9-17(31)10-20(32)28(19)36-15-16-6-5-7-18(33)8-16/h5-10,25H,11-15H2,1-4H3. The van der Waals surface area contributed by atoms with Gasteiger partial charge in [-0.05, 0) is 56.6 Å². The van der Waals surface area contributed by atoms with Crippen LogP contribution in [-0.4, -0.2) is 11.6 Å². The smallest absolute Gasteiger partial charge is 0.163 e. The molecule has 7 heteroatoms. The van der Waals surface area contributed by atoms with Gasteiger partial charge in [-0.15, -0.1) is 0 Å². The first-order valence-corrected chi connectivity index (χ1v) is 14.4. The van der Waals surface area contributed by atoms with Crippen LogP contribution in [0.3, 0.4) is 0 Å². The Labute approximate surface area is 239 Å². The molecule has 2 aromatic carbocycles. The molecule has 2 aliphatic carbocycles. The number of hydrogen-bond donors (Lipinski definition) is 0. The lowest BCUT2D eigenvalue weighted by atomic mass is 9.65. The number of benzene rings is 2. The maximum absolute atomic E-state index is 13.7. The first kappa shape index (κ1) is 26.7. The number of ether oxygens (including phenoxy) is 2. The number of Topliss-reactive ketones (excluding diaryl/α,β-unsaturated/α-hetero) is 2. The highest BCUT2D eigenvalue weighted by molar-refractivity contribution is 9.11. The molecule has 0 saturated carbocycles. The molecular weight excluding hydrogens is 620 g/mol. The fourth-order valence-corrected chi connectivity index (χ4v) is 7.30. The van der Waals surface area contributed by atoms with Gasteiger partial charge in [0, 0.05) is 51.9 Å². The van der Waals surface area contributed by atoms with Crippen molar-refractivity contribution >= 4 is 55.0 Å². The van der Waals surface area contributed by atoms with E-state index < -0.39 is 5.92 Å². The topological polar surface area (TPSA) is 52.6 Å². The van der Waals surface area contributed by atoms with Gasteiger partial charge in [-0.1, -0.05) is 67.4 Å². The van der Waals surface area contributed by atoms with E-state index in [0.29, 0.717) is 59.1 Å². The number of ketones is 2. The van der Waals surface area contributed by atoms with Gasteiger partial charge in [0.1, 0.15) is 23.9 Å². The molecular formula is C30H29Br2ClO4. The Morgan fingerprint density at radius 2 is 1.51 bits per heavy atom. The van der Waals surface area contributed by atoms with Crippen LogP contribution in [0.1, 0.15) is 70.4 Å². The Hall–Kier alpha value is -1.89. The molecule has 194 valence electrons. The van der Waals surface area contributed by atoms with Crippen molar-refractivity contribution in [1.82, 2.24) is 0 Å². The van der Waals surface area contributed by atoms with Gasteiger partial charge in [0.05, 0.1) is 10.4 Å². The summed E-state index contributed by atoms with van der Waals surface area (Å²) in [4.78, 5) is 27.4. The molecule has 1 heterocycles. The van der Waals surface area contributed by atoms with Crippen LogP contribution in [0.4, 0.5) is 0 Å². The first-order valence-electron chi connectivity index (χ1n) is 12.4. The Kier molecular flexibility index (Phi) is 7.00. The number of halogens is 3. The largest absolute Gasteiger partial charge is 0.487 e. The minimum Gasteiger partial charge on any atom is -0.487 e. The van der Waals surface area contributed by atoms with Gasteiger partial charge in [-0.25, -0.2) is 0 Å². The lowest BCUT2D eigenvalue weighted by Crippen LogP contribution is -2.37. The third-order valence-corrected chi connectivity index (χ3v) is 8.48. The van der Waals surface area contributed by atoms with E-state index in [2.05, 4.69) is 59.6 Å². The quantitative estimate of drug-likeness (QED) is 0.333. The molecule has 0 unspecified atom stereocenters. The molecule has 3 aliphatic rings. The fourth-order valence-electron chi connectivity index (χ4n) is 5.71. The maximum Gasteiger partial charge on any atom is 0.163 e. The van der Waals surface area contributed by atoms with E-state index in [4.69, 9.17) is 21.1 Å². The number of carbonyl (C=O) groups excluding carboxylic acids is 2. The molecule has 1 aliphatic heterocycles. The number of hydrogen-bond acceptors (Lipinski definition) is 4. The summed E-state index contributed by atoms with van der Waals surface area (Å²) in [5, 5.41) is 0.635. The van der Waals surface area contributed by atoms with E-state index in [9.17, 15) is 9.59 Å². The minimum atomic E-state index is -0.547. The summed E-state index contributed by atoms with van der Waals surface area (Å²) in [5.41, 5.74) is 2.44. The van der Waals surface area contributed by atoms with Crippen molar-refractivity contribution in [2.45, 2.75) is 65.9 Å². The van der Waals surface area contributed by atoms with Gasteiger partial charge in [0.25, 0.3) is 0 Å². The zero-order valence-electron chi connectivity index (χ0n) is 21.3. The molecule has 37 heavy (non-hydrogen) atoms. The zero-order chi connectivity index (χ0) is 26.7. The third kappa shape index (κ3) is 5.35. The van der Waals surface area contributed by atoms with Gasteiger partial charge in [-0.2, -0.15) is 0 Å². The lowest BCUT2D eigenvalue weighted by molar-refractivity contribution is -0.120. The summed E-state index contributed by atoms with van der Waals surface area (Å²) >= 11 is 13.5. The van der Waals surface area contributed by atoms with Gasteiger partial charge in [0.2, 0.25) is 0 Å².